The van der Waals surface area contributed by atoms with Crippen LogP contribution in [0.15, 0.2) is 36.4 Å². The van der Waals surface area contributed by atoms with E-state index in [2.05, 4.69) is 38.1 Å². The van der Waals surface area contributed by atoms with Crippen molar-refractivity contribution in [3.05, 3.63) is 64.5 Å². The van der Waals surface area contributed by atoms with Crippen molar-refractivity contribution >= 4 is 5.78 Å². The fraction of sp³-hybridized carbons (Fsp3) is 0.639. The van der Waals surface area contributed by atoms with Crippen LogP contribution in [0, 0.1) is 30.5 Å². The minimum absolute atomic E-state index is 0.0350. The molecule has 2 saturated carbocycles. The molecule has 4 rings (SSSR count). The van der Waals surface area contributed by atoms with Gasteiger partial charge in [-0.1, -0.05) is 89.5 Å². The topological polar surface area (TPSA) is 26.3 Å². The molecule has 0 bridgehead atoms. The van der Waals surface area contributed by atoms with Crippen LogP contribution in [-0.4, -0.2) is 12.4 Å². The Bertz CT molecular complexity index is 1030. The van der Waals surface area contributed by atoms with Gasteiger partial charge in [-0.25, -0.2) is 4.39 Å². The highest BCUT2D eigenvalue weighted by atomic mass is 19.1. The van der Waals surface area contributed by atoms with E-state index in [9.17, 15) is 4.79 Å². The first-order valence-corrected chi connectivity index (χ1v) is 16.0. The Labute approximate surface area is 237 Å². The summed E-state index contributed by atoms with van der Waals surface area (Å²) in [4.78, 5) is 13.1. The molecule has 0 N–H and O–H groups in total. The summed E-state index contributed by atoms with van der Waals surface area (Å²) in [6, 6.07) is 12.0. The van der Waals surface area contributed by atoms with Gasteiger partial charge in [-0.2, -0.15) is 0 Å². The molecule has 2 aromatic rings. The SMILES string of the molecule is CCCCCC1CCC(COc2ccc(C(=O)Cc3ccc(C4CCC(CCC)CC4)cc3)c(C)c2F)CC1. The van der Waals surface area contributed by atoms with Crippen molar-refractivity contribution in [3.63, 3.8) is 0 Å². The van der Waals surface area contributed by atoms with Gasteiger partial charge >= 0.3 is 0 Å². The van der Waals surface area contributed by atoms with Crippen LogP contribution in [0.1, 0.15) is 137 Å². The fourth-order valence-electron chi connectivity index (χ4n) is 7.03. The predicted octanol–water partition coefficient (Wildman–Crippen LogP) is 10.4. The number of ether oxygens (including phenoxy) is 1. The zero-order valence-electron chi connectivity index (χ0n) is 24.8. The summed E-state index contributed by atoms with van der Waals surface area (Å²) in [5.41, 5.74) is 3.26. The molecule has 214 valence electrons. The highest BCUT2D eigenvalue weighted by Gasteiger charge is 2.24. The van der Waals surface area contributed by atoms with Crippen LogP contribution in [-0.2, 0) is 6.42 Å². The van der Waals surface area contributed by atoms with Gasteiger partial charge in [0.25, 0.3) is 0 Å². The predicted molar refractivity (Wildman–Crippen MR) is 160 cm³/mol. The first-order chi connectivity index (χ1) is 19.0. The van der Waals surface area contributed by atoms with Gasteiger partial charge in [-0.05, 0) is 97.9 Å². The summed E-state index contributed by atoms with van der Waals surface area (Å²) < 4.78 is 21.2. The minimum Gasteiger partial charge on any atom is -0.490 e. The number of hydrogen-bond donors (Lipinski definition) is 0. The van der Waals surface area contributed by atoms with Crippen molar-refractivity contribution in [2.24, 2.45) is 17.8 Å². The van der Waals surface area contributed by atoms with Gasteiger partial charge in [0.2, 0.25) is 0 Å². The maximum Gasteiger partial charge on any atom is 0.168 e. The molecule has 0 saturated heterocycles. The third-order valence-corrected chi connectivity index (χ3v) is 9.67. The molecule has 0 aliphatic heterocycles. The Balaban J connectivity index is 1.26. The lowest BCUT2D eigenvalue weighted by Crippen LogP contribution is -2.20. The van der Waals surface area contributed by atoms with Crippen LogP contribution in [0.2, 0.25) is 0 Å². The van der Waals surface area contributed by atoms with Gasteiger partial charge in [-0.15, -0.1) is 0 Å². The summed E-state index contributed by atoms with van der Waals surface area (Å²) in [5, 5.41) is 0. The van der Waals surface area contributed by atoms with Gasteiger partial charge in [0.05, 0.1) is 6.61 Å². The lowest BCUT2D eigenvalue weighted by molar-refractivity contribution is 0.0991. The highest BCUT2D eigenvalue weighted by Crippen LogP contribution is 2.38. The van der Waals surface area contributed by atoms with E-state index in [-0.39, 0.29) is 17.3 Å². The van der Waals surface area contributed by atoms with E-state index in [0.717, 1.165) is 17.4 Å². The molecule has 0 atom stereocenters. The van der Waals surface area contributed by atoms with Crippen molar-refractivity contribution in [1.82, 2.24) is 0 Å². The third-order valence-electron chi connectivity index (χ3n) is 9.67. The lowest BCUT2D eigenvalue weighted by Gasteiger charge is -2.28. The smallest absolute Gasteiger partial charge is 0.168 e. The number of hydrogen-bond acceptors (Lipinski definition) is 2. The Morgan fingerprint density at radius 2 is 1.44 bits per heavy atom. The van der Waals surface area contributed by atoms with Gasteiger partial charge in [0, 0.05) is 12.0 Å². The van der Waals surface area contributed by atoms with Crippen LogP contribution in [0.3, 0.4) is 0 Å². The minimum atomic E-state index is -0.386. The molecule has 2 fully saturated rings. The Hall–Kier alpha value is -2.16. The monoisotopic (exact) mass is 534 g/mol. The zero-order valence-corrected chi connectivity index (χ0v) is 24.8. The number of unbranched alkanes of at least 4 members (excludes halogenated alkanes) is 2. The first kappa shape index (κ1) is 29.8. The number of carbonyl (C=O) groups excluding carboxylic acids is 1. The molecular formula is C36H51FO2. The Kier molecular flexibility index (Phi) is 11.5. The molecule has 0 spiro atoms. The van der Waals surface area contributed by atoms with Crippen molar-refractivity contribution in [3.8, 4) is 5.75 Å². The van der Waals surface area contributed by atoms with Crippen LogP contribution < -0.4 is 4.74 Å². The van der Waals surface area contributed by atoms with E-state index >= 15 is 4.39 Å². The summed E-state index contributed by atoms with van der Waals surface area (Å²) in [6.07, 6.45) is 18.4. The van der Waals surface area contributed by atoms with Crippen molar-refractivity contribution in [1.29, 1.82) is 0 Å². The molecule has 2 aliphatic carbocycles. The molecular weight excluding hydrogens is 483 g/mol. The van der Waals surface area contributed by atoms with Gasteiger partial charge in [-0.3, -0.25) is 4.79 Å². The number of halogens is 1. The standard InChI is InChI=1S/C36H51FO2/c1-4-6-7-9-28-10-12-30(13-11-28)25-39-35-23-22-33(26(3)36(35)37)34(38)24-29-16-20-32(21-17-29)31-18-14-27(8-5-2)15-19-31/h16-17,20-23,27-28,30-31H,4-15,18-19,24-25H2,1-3H3. The van der Waals surface area contributed by atoms with Crippen LogP contribution in [0.25, 0.3) is 0 Å². The summed E-state index contributed by atoms with van der Waals surface area (Å²) in [7, 11) is 0. The summed E-state index contributed by atoms with van der Waals surface area (Å²) >= 11 is 0. The average Bonchev–Trinajstić information content (AvgIpc) is 2.96. The molecule has 2 aromatic carbocycles. The van der Waals surface area contributed by atoms with Gasteiger partial charge in [0.15, 0.2) is 17.3 Å². The Morgan fingerprint density at radius 3 is 2.10 bits per heavy atom. The maximum atomic E-state index is 15.2. The normalized spacial score (nSPS) is 23.5. The van der Waals surface area contributed by atoms with Crippen molar-refractivity contribution in [2.45, 2.75) is 123 Å². The van der Waals surface area contributed by atoms with Crippen molar-refractivity contribution < 1.29 is 13.9 Å². The second-order valence-electron chi connectivity index (χ2n) is 12.6. The maximum absolute atomic E-state index is 15.2. The fourth-order valence-corrected chi connectivity index (χ4v) is 7.03. The number of Topliss-reactive ketones (excluding diaryl/α,β-unsaturated/α-hetero) is 1. The molecule has 0 aromatic heterocycles. The first-order valence-electron chi connectivity index (χ1n) is 16.0. The largest absolute Gasteiger partial charge is 0.490 e. The molecule has 39 heavy (non-hydrogen) atoms. The Morgan fingerprint density at radius 1 is 0.795 bits per heavy atom. The molecule has 3 heteroatoms. The molecule has 2 nitrogen and oxygen atoms in total. The van der Waals surface area contributed by atoms with Crippen LogP contribution in [0.5, 0.6) is 5.75 Å². The number of benzene rings is 2. The molecule has 0 heterocycles. The average molecular weight is 535 g/mol. The number of carbonyl (C=O) groups is 1. The zero-order chi connectivity index (χ0) is 27.6. The summed E-state index contributed by atoms with van der Waals surface area (Å²) in [5.74, 6) is 2.78. The summed E-state index contributed by atoms with van der Waals surface area (Å²) in [6.45, 7) is 6.81. The van der Waals surface area contributed by atoms with E-state index in [1.165, 1.54) is 95.5 Å². The van der Waals surface area contributed by atoms with E-state index in [1.807, 2.05) is 0 Å². The van der Waals surface area contributed by atoms with Crippen LogP contribution >= 0.6 is 0 Å². The van der Waals surface area contributed by atoms with E-state index in [1.54, 1.807) is 19.1 Å². The third kappa shape index (κ3) is 8.41. The number of rotatable bonds is 13. The second kappa shape index (κ2) is 15.0. The van der Waals surface area contributed by atoms with Gasteiger partial charge in [0.1, 0.15) is 0 Å². The van der Waals surface area contributed by atoms with Gasteiger partial charge < -0.3 is 4.74 Å². The van der Waals surface area contributed by atoms with E-state index < -0.39 is 0 Å². The second-order valence-corrected chi connectivity index (χ2v) is 12.6. The molecule has 2 aliphatic rings. The van der Waals surface area contributed by atoms with E-state index in [0.29, 0.717) is 36.0 Å². The quantitative estimate of drug-likeness (QED) is 0.189. The molecule has 0 radical (unpaired) electrons. The lowest BCUT2D eigenvalue weighted by atomic mass is 9.77. The highest BCUT2D eigenvalue weighted by molar-refractivity contribution is 5.99. The van der Waals surface area contributed by atoms with E-state index in [4.69, 9.17) is 4.74 Å². The van der Waals surface area contributed by atoms with Crippen LogP contribution in [0.4, 0.5) is 4.39 Å². The molecule has 0 amide bonds. The number of ketones is 1. The molecule has 0 unspecified atom stereocenters. The van der Waals surface area contributed by atoms with Crippen molar-refractivity contribution in [2.75, 3.05) is 6.61 Å².